The molecule has 0 radical (unpaired) electrons. The maximum absolute atomic E-state index is 12.1. The zero-order chi connectivity index (χ0) is 16.2. The molecule has 0 bridgehead atoms. The molecule has 6 nitrogen and oxygen atoms in total. The van der Waals surface area contributed by atoms with Gasteiger partial charge in [-0.05, 0) is 63.4 Å². The van der Waals surface area contributed by atoms with Gasteiger partial charge in [0.15, 0.2) is 6.10 Å². The standard InChI is InChI=1S/C17H23N3O3.ClH/c1-11-17(22)20-14-10-13(3-4-15(14)23-11)19-16(21)5-2-12-6-8-18-9-7-12;/h3-4,10-12,18H,2,5-9H2,1H3,(H,19,21)(H,20,22);1H. The van der Waals surface area contributed by atoms with Gasteiger partial charge in [0.2, 0.25) is 5.91 Å². The molecule has 2 amide bonds. The zero-order valence-electron chi connectivity index (χ0n) is 13.8. The van der Waals surface area contributed by atoms with Gasteiger partial charge in [-0.3, -0.25) is 9.59 Å². The van der Waals surface area contributed by atoms with Gasteiger partial charge in [-0.1, -0.05) is 0 Å². The summed E-state index contributed by atoms with van der Waals surface area (Å²) in [6.45, 7) is 3.80. The van der Waals surface area contributed by atoms with Crippen LogP contribution in [-0.4, -0.2) is 31.0 Å². The summed E-state index contributed by atoms with van der Waals surface area (Å²) < 4.78 is 5.50. The number of fused-ring (bicyclic) bond motifs is 1. The number of nitrogens with one attached hydrogen (secondary N) is 3. The second kappa shape index (κ2) is 8.35. The number of hydrogen-bond acceptors (Lipinski definition) is 4. The van der Waals surface area contributed by atoms with Crippen LogP contribution in [0, 0.1) is 5.92 Å². The molecule has 2 heterocycles. The summed E-state index contributed by atoms with van der Waals surface area (Å²) in [7, 11) is 0. The average Bonchev–Trinajstić information content (AvgIpc) is 2.55. The van der Waals surface area contributed by atoms with Crippen LogP contribution in [0.15, 0.2) is 18.2 Å². The minimum atomic E-state index is -0.493. The summed E-state index contributed by atoms with van der Waals surface area (Å²) in [5, 5.41) is 9.01. The van der Waals surface area contributed by atoms with Gasteiger partial charge in [-0.15, -0.1) is 12.4 Å². The summed E-state index contributed by atoms with van der Waals surface area (Å²) in [5.41, 5.74) is 1.28. The van der Waals surface area contributed by atoms with Crippen LogP contribution >= 0.6 is 12.4 Å². The third kappa shape index (κ3) is 4.61. The second-order valence-corrected chi connectivity index (χ2v) is 6.24. The minimum Gasteiger partial charge on any atom is -0.479 e. The second-order valence-electron chi connectivity index (χ2n) is 6.24. The van der Waals surface area contributed by atoms with Gasteiger partial charge in [-0.25, -0.2) is 0 Å². The number of hydrogen-bond donors (Lipinski definition) is 3. The normalized spacial score (nSPS) is 20.2. The van der Waals surface area contributed by atoms with E-state index in [1.807, 2.05) is 0 Å². The Morgan fingerprint density at radius 3 is 2.83 bits per heavy atom. The molecule has 1 saturated heterocycles. The van der Waals surface area contributed by atoms with Crippen molar-refractivity contribution in [1.82, 2.24) is 5.32 Å². The number of piperidine rings is 1. The summed E-state index contributed by atoms with van der Waals surface area (Å²) in [5.74, 6) is 1.11. The predicted octanol–water partition coefficient (Wildman–Crippen LogP) is 2.55. The third-order valence-electron chi connectivity index (χ3n) is 4.43. The highest BCUT2D eigenvalue weighted by Crippen LogP contribution is 2.32. The van der Waals surface area contributed by atoms with E-state index in [9.17, 15) is 9.59 Å². The van der Waals surface area contributed by atoms with E-state index < -0.39 is 6.10 Å². The van der Waals surface area contributed by atoms with Crippen LogP contribution < -0.4 is 20.7 Å². The first-order chi connectivity index (χ1) is 11.1. The molecule has 1 fully saturated rings. The van der Waals surface area contributed by atoms with Gasteiger partial charge in [0.1, 0.15) is 5.75 Å². The van der Waals surface area contributed by atoms with Gasteiger partial charge in [0.25, 0.3) is 5.91 Å². The molecular formula is C17H24ClN3O3. The number of carbonyl (C=O) groups excluding carboxylic acids is 2. The SMILES string of the molecule is CC1Oc2ccc(NC(=O)CCC3CCNCC3)cc2NC1=O.Cl. The first-order valence-electron chi connectivity index (χ1n) is 8.24. The lowest BCUT2D eigenvalue weighted by Crippen LogP contribution is -2.34. The van der Waals surface area contributed by atoms with Crippen LogP contribution in [-0.2, 0) is 9.59 Å². The van der Waals surface area contributed by atoms with Crippen LogP contribution in [0.5, 0.6) is 5.75 Å². The third-order valence-corrected chi connectivity index (χ3v) is 4.43. The fourth-order valence-corrected chi connectivity index (χ4v) is 3.02. The van der Waals surface area contributed by atoms with Gasteiger partial charge in [-0.2, -0.15) is 0 Å². The molecule has 0 aliphatic carbocycles. The largest absolute Gasteiger partial charge is 0.479 e. The van der Waals surface area contributed by atoms with Crippen molar-refractivity contribution in [2.75, 3.05) is 23.7 Å². The van der Waals surface area contributed by atoms with Crippen molar-refractivity contribution in [1.29, 1.82) is 0 Å². The topological polar surface area (TPSA) is 79.5 Å². The van der Waals surface area contributed by atoms with Crippen molar-refractivity contribution >= 4 is 35.6 Å². The Kier molecular flexibility index (Phi) is 6.45. The Balaban J connectivity index is 0.00000208. The average molecular weight is 354 g/mol. The van der Waals surface area contributed by atoms with Crippen LogP contribution in [0.1, 0.15) is 32.6 Å². The van der Waals surface area contributed by atoms with Crippen LogP contribution in [0.25, 0.3) is 0 Å². The quantitative estimate of drug-likeness (QED) is 0.777. The number of anilines is 2. The van der Waals surface area contributed by atoms with Crippen molar-refractivity contribution in [3.63, 3.8) is 0 Å². The number of ether oxygens (including phenoxy) is 1. The molecule has 0 saturated carbocycles. The van der Waals surface area contributed by atoms with Crippen LogP contribution in [0.2, 0.25) is 0 Å². The van der Waals surface area contributed by atoms with E-state index >= 15 is 0 Å². The molecular weight excluding hydrogens is 330 g/mol. The van der Waals surface area contributed by atoms with Crippen molar-refractivity contribution < 1.29 is 14.3 Å². The van der Waals surface area contributed by atoms with Gasteiger partial charge in [0, 0.05) is 12.1 Å². The molecule has 1 aromatic carbocycles. The number of rotatable bonds is 4. The molecule has 3 N–H and O–H groups in total. The molecule has 2 aliphatic rings. The van der Waals surface area contributed by atoms with E-state index in [2.05, 4.69) is 16.0 Å². The molecule has 1 aromatic rings. The summed E-state index contributed by atoms with van der Waals surface area (Å²) in [6, 6.07) is 5.31. The van der Waals surface area contributed by atoms with Gasteiger partial charge < -0.3 is 20.7 Å². The summed E-state index contributed by atoms with van der Waals surface area (Å²) >= 11 is 0. The number of amides is 2. The van der Waals surface area contributed by atoms with Crippen molar-refractivity contribution in [3.8, 4) is 5.75 Å². The van der Waals surface area contributed by atoms with Crippen molar-refractivity contribution in [3.05, 3.63) is 18.2 Å². The van der Waals surface area contributed by atoms with E-state index in [0.29, 0.717) is 29.5 Å². The van der Waals surface area contributed by atoms with Crippen LogP contribution in [0.4, 0.5) is 11.4 Å². The van der Waals surface area contributed by atoms with Crippen molar-refractivity contribution in [2.24, 2.45) is 5.92 Å². The lowest BCUT2D eigenvalue weighted by atomic mass is 9.93. The molecule has 0 spiro atoms. The molecule has 24 heavy (non-hydrogen) atoms. The number of carbonyl (C=O) groups is 2. The maximum atomic E-state index is 12.1. The predicted molar refractivity (Wildman–Crippen MR) is 95.9 cm³/mol. The van der Waals surface area contributed by atoms with E-state index in [4.69, 9.17) is 4.74 Å². The molecule has 1 unspecified atom stereocenters. The molecule has 1 atom stereocenters. The first kappa shape index (κ1) is 18.5. The first-order valence-corrected chi connectivity index (χ1v) is 8.24. The van der Waals surface area contributed by atoms with E-state index in [-0.39, 0.29) is 24.2 Å². The highest BCUT2D eigenvalue weighted by molar-refractivity contribution is 5.99. The van der Waals surface area contributed by atoms with Crippen molar-refractivity contribution in [2.45, 2.75) is 38.7 Å². The molecule has 3 rings (SSSR count). The zero-order valence-corrected chi connectivity index (χ0v) is 14.6. The Labute approximate surface area is 148 Å². The Bertz CT molecular complexity index is 603. The van der Waals surface area contributed by atoms with Gasteiger partial charge in [0.05, 0.1) is 5.69 Å². The lowest BCUT2D eigenvalue weighted by Gasteiger charge is -2.24. The number of benzene rings is 1. The highest BCUT2D eigenvalue weighted by atomic mass is 35.5. The molecule has 7 heteroatoms. The summed E-state index contributed by atoms with van der Waals surface area (Å²) in [6.07, 6.45) is 3.26. The lowest BCUT2D eigenvalue weighted by molar-refractivity contribution is -0.122. The highest BCUT2D eigenvalue weighted by Gasteiger charge is 2.23. The summed E-state index contributed by atoms with van der Waals surface area (Å²) in [4.78, 5) is 23.7. The van der Waals surface area contributed by atoms with E-state index in [1.165, 1.54) is 0 Å². The van der Waals surface area contributed by atoms with Gasteiger partial charge >= 0.3 is 0 Å². The Hall–Kier alpha value is -1.79. The fraction of sp³-hybridized carbons (Fsp3) is 0.529. The Morgan fingerprint density at radius 2 is 2.08 bits per heavy atom. The molecule has 0 aromatic heterocycles. The van der Waals surface area contributed by atoms with E-state index in [1.54, 1.807) is 25.1 Å². The molecule has 2 aliphatic heterocycles. The number of halogens is 1. The smallest absolute Gasteiger partial charge is 0.265 e. The fourth-order valence-electron chi connectivity index (χ4n) is 3.02. The monoisotopic (exact) mass is 353 g/mol. The maximum Gasteiger partial charge on any atom is 0.265 e. The minimum absolute atomic E-state index is 0. The van der Waals surface area contributed by atoms with E-state index in [0.717, 1.165) is 32.4 Å². The Morgan fingerprint density at radius 1 is 1.33 bits per heavy atom. The van der Waals surface area contributed by atoms with Crippen LogP contribution in [0.3, 0.4) is 0 Å². The molecule has 132 valence electrons.